The predicted molar refractivity (Wildman–Crippen MR) is 101 cm³/mol. The van der Waals surface area contributed by atoms with Crippen molar-refractivity contribution >= 4 is 12.0 Å². The summed E-state index contributed by atoms with van der Waals surface area (Å²) in [5.41, 5.74) is 2.35. The van der Waals surface area contributed by atoms with Gasteiger partial charge in [-0.1, -0.05) is 30.3 Å². The Morgan fingerprint density at radius 2 is 2.00 bits per heavy atom. The Hall–Kier alpha value is -2.46. The minimum atomic E-state index is -0.0216. The van der Waals surface area contributed by atoms with Gasteiger partial charge in [0, 0.05) is 37.6 Å². The van der Waals surface area contributed by atoms with Gasteiger partial charge in [-0.3, -0.25) is 9.78 Å². The summed E-state index contributed by atoms with van der Waals surface area (Å²) in [6.45, 7) is 3.09. The molecule has 3 rings (SSSR count). The number of benzene rings is 1. The number of aromatic nitrogens is 1. The van der Waals surface area contributed by atoms with Crippen molar-refractivity contribution < 1.29 is 4.79 Å². The standard InChI is InChI=1S/C21H25N3O/c25-21(9-8-19-10-13-22-14-11-19)23-20-7-4-15-24(17-20)16-12-18-5-2-1-3-6-18/h1-3,5-6,8-11,13-14,20H,4,7,12,15-17H2,(H,23,25)/b9-8+/t20-/m1/s1. The first-order chi connectivity index (χ1) is 12.3. The van der Waals surface area contributed by atoms with Gasteiger partial charge in [0.05, 0.1) is 0 Å². The van der Waals surface area contributed by atoms with E-state index in [4.69, 9.17) is 0 Å². The lowest BCUT2D eigenvalue weighted by atomic mass is 10.0. The quantitative estimate of drug-likeness (QED) is 0.826. The van der Waals surface area contributed by atoms with Gasteiger partial charge in [-0.2, -0.15) is 0 Å². The van der Waals surface area contributed by atoms with Crippen molar-refractivity contribution in [2.24, 2.45) is 0 Å². The summed E-state index contributed by atoms with van der Waals surface area (Å²) in [5.74, 6) is -0.0216. The van der Waals surface area contributed by atoms with E-state index in [-0.39, 0.29) is 11.9 Å². The average Bonchev–Trinajstić information content (AvgIpc) is 2.67. The van der Waals surface area contributed by atoms with Gasteiger partial charge >= 0.3 is 0 Å². The number of likely N-dealkylation sites (tertiary alicyclic amines) is 1. The van der Waals surface area contributed by atoms with Gasteiger partial charge in [0.15, 0.2) is 0 Å². The van der Waals surface area contributed by atoms with Crippen LogP contribution in [-0.2, 0) is 11.2 Å². The van der Waals surface area contributed by atoms with Crippen molar-refractivity contribution in [2.75, 3.05) is 19.6 Å². The van der Waals surface area contributed by atoms with Gasteiger partial charge in [-0.05, 0) is 55.1 Å². The summed E-state index contributed by atoms with van der Waals surface area (Å²) in [4.78, 5) is 18.6. The number of hydrogen-bond donors (Lipinski definition) is 1. The highest BCUT2D eigenvalue weighted by Crippen LogP contribution is 2.11. The van der Waals surface area contributed by atoms with Crippen LogP contribution < -0.4 is 5.32 Å². The van der Waals surface area contributed by atoms with E-state index < -0.39 is 0 Å². The van der Waals surface area contributed by atoms with E-state index in [9.17, 15) is 4.79 Å². The number of pyridine rings is 1. The smallest absolute Gasteiger partial charge is 0.244 e. The monoisotopic (exact) mass is 335 g/mol. The lowest BCUT2D eigenvalue weighted by molar-refractivity contribution is -0.117. The molecule has 4 heteroatoms. The fourth-order valence-corrected chi connectivity index (χ4v) is 3.20. The van der Waals surface area contributed by atoms with Crippen LogP contribution in [0.25, 0.3) is 6.08 Å². The molecule has 4 nitrogen and oxygen atoms in total. The van der Waals surface area contributed by atoms with E-state index in [1.165, 1.54) is 5.56 Å². The molecule has 2 heterocycles. The largest absolute Gasteiger partial charge is 0.349 e. The molecule has 1 fully saturated rings. The molecule has 1 aliphatic rings. The molecule has 1 N–H and O–H groups in total. The van der Waals surface area contributed by atoms with E-state index in [0.29, 0.717) is 0 Å². The lowest BCUT2D eigenvalue weighted by Gasteiger charge is -2.33. The maximum absolute atomic E-state index is 12.1. The Kier molecular flexibility index (Phi) is 6.35. The molecule has 0 unspecified atom stereocenters. The van der Waals surface area contributed by atoms with Crippen LogP contribution in [0.2, 0.25) is 0 Å². The topological polar surface area (TPSA) is 45.2 Å². The molecule has 130 valence electrons. The fourth-order valence-electron chi connectivity index (χ4n) is 3.20. The molecule has 0 saturated carbocycles. The van der Waals surface area contributed by atoms with E-state index in [1.807, 2.05) is 18.2 Å². The molecule has 25 heavy (non-hydrogen) atoms. The summed E-state index contributed by atoms with van der Waals surface area (Å²) in [5, 5.41) is 3.13. The van der Waals surface area contributed by atoms with Gasteiger partial charge in [-0.15, -0.1) is 0 Å². The first kappa shape index (κ1) is 17.4. The maximum atomic E-state index is 12.1. The SMILES string of the molecule is O=C(/C=C/c1ccncc1)N[C@@H]1CCCN(CCc2ccccc2)C1. The zero-order valence-electron chi connectivity index (χ0n) is 14.5. The Morgan fingerprint density at radius 3 is 2.80 bits per heavy atom. The van der Waals surface area contributed by atoms with Crippen LogP contribution in [0, 0.1) is 0 Å². The van der Waals surface area contributed by atoms with Crippen LogP contribution in [0.1, 0.15) is 24.0 Å². The number of amides is 1. The van der Waals surface area contributed by atoms with Crippen molar-refractivity contribution in [1.82, 2.24) is 15.2 Å². The lowest BCUT2D eigenvalue weighted by Crippen LogP contribution is -2.47. The molecule has 0 bridgehead atoms. The number of hydrogen-bond acceptors (Lipinski definition) is 3. The first-order valence-corrected chi connectivity index (χ1v) is 8.94. The van der Waals surface area contributed by atoms with Gasteiger partial charge in [0.1, 0.15) is 0 Å². The van der Waals surface area contributed by atoms with Gasteiger partial charge in [0.2, 0.25) is 5.91 Å². The predicted octanol–water partition coefficient (Wildman–Crippen LogP) is 2.92. The number of rotatable bonds is 6. The molecule has 1 aromatic carbocycles. The molecule has 0 aliphatic carbocycles. The van der Waals surface area contributed by atoms with E-state index in [0.717, 1.165) is 44.5 Å². The number of nitrogens with zero attached hydrogens (tertiary/aromatic N) is 2. The van der Waals surface area contributed by atoms with Crippen LogP contribution in [0.4, 0.5) is 0 Å². The minimum Gasteiger partial charge on any atom is -0.349 e. The molecule has 1 aliphatic heterocycles. The summed E-state index contributed by atoms with van der Waals surface area (Å²) in [6, 6.07) is 14.6. The Bertz CT molecular complexity index is 685. The molecule has 2 aromatic rings. The summed E-state index contributed by atoms with van der Waals surface area (Å²) in [6.07, 6.45) is 10.1. The van der Waals surface area contributed by atoms with Crippen LogP contribution in [-0.4, -0.2) is 41.5 Å². The second kappa shape index (κ2) is 9.14. The number of carbonyl (C=O) groups is 1. The average molecular weight is 335 g/mol. The second-order valence-corrected chi connectivity index (χ2v) is 6.50. The van der Waals surface area contributed by atoms with Crippen molar-refractivity contribution in [2.45, 2.75) is 25.3 Å². The summed E-state index contributed by atoms with van der Waals surface area (Å²) in [7, 11) is 0. The van der Waals surface area contributed by atoms with Crippen molar-refractivity contribution in [3.63, 3.8) is 0 Å². The van der Waals surface area contributed by atoms with Crippen molar-refractivity contribution in [3.8, 4) is 0 Å². The second-order valence-electron chi connectivity index (χ2n) is 6.50. The highest BCUT2D eigenvalue weighted by molar-refractivity contribution is 5.91. The first-order valence-electron chi connectivity index (χ1n) is 8.94. The normalized spacial score (nSPS) is 18.3. The number of carbonyl (C=O) groups excluding carboxylic acids is 1. The summed E-state index contributed by atoms with van der Waals surface area (Å²) < 4.78 is 0. The highest BCUT2D eigenvalue weighted by Gasteiger charge is 2.20. The molecule has 0 spiro atoms. The van der Waals surface area contributed by atoms with Gasteiger partial charge in [0.25, 0.3) is 0 Å². The minimum absolute atomic E-state index is 0.0216. The van der Waals surface area contributed by atoms with Crippen LogP contribution in [0.3, 0.4) is 0 Å². The zero-order valence-corrected chi connectivity index (χ0v) is 14.5. The maximum Gasteiger partial charge on any atom is 0.244 e. The molecular formula is C21H25N3O. The van der Waals surface area contributed by atoms with Gasteiger partial charge in [-0.25, -0.2) is 0 Å². The highest BCUT2D eigenvalue weighted by atomic mass is 16.1. The van der Waals surface area contributed by atoms with Crippen LogP contribution >= 0.6 is 0 Å². The Balaban J connectivity index is 1.45. The number of nitrogens with one attached hydrogen (secondary N) is 1. The molecule has 1 aromatic heterocycles. The number of piperidine rings is 1. The Morgan fingerprint density at radius 1 is 1.20 bits per heavy atom. The van der Waals surface area contributed by atoms with E-state index in [2.05, 4.69) is 45.5 Å². The van der Waals surface area contributed by atoms with Crippen molar-refractivity contribution in [1.29, 1.82) is 0 Å². The molecular weight excluding hydrogens is 310 g/mol. The fraction of sp³-hybridized carbons (Fsp3) is 0.333. The third-order valence-corrected chi connectivity index (χ3v) is 4.54. The van der Waals surface area contributed by atoms with Crippen LogP contribution in [0.5, 0.6) is 0 Å². The van der Waals surface area contributed by atoms with Gasteiger partial charge < -0.3 is 10.2 Å². The zero-order chi connectivity index (χ0) is 17.3. The van der Waals surface area contributed by atoms with Crippen LogP contribution in [0.15, 0.2) is 60.9 Å². The molecule has 0 radical (unpaired) electrons. The third-order valence-electron chi connectivity index (χ3n) is 4.54. The molecule has 1 amide bonds. The van der Waals surface area contributed by atoms with Crippen molar-refractivity contribution in [3.05, 3.63) is 72.1 Å². The summed E-state index contributed by atoms with van der Waals surface area (Å²) >= 11 is 0. The van der Waals surface area contributed by atoms with E-state index >= 15 is 0 Å². The third kappa shape index (κ3) is 5.84. The van der Waals surface area contributed by atoms with E-state index in [1.54, 1.807) is 18.5 Å². The Labute approximate surface area is 149 Å². The molecule has 1 atom stereocenters. The molecule has 1 saturated heterocycles.